The van der Waals surface area contributed by atoms with Crippen molar-refractivity contribution < 1.29 is 17.9 Å². The summed E-state index contributed by atoms with van der Waals surface area (Å²) in [5.41, 5.74) is 0.226. The van der Waals surface area contributed by atoms with E-state index in [2.05, 4.69) is 20.1 Å². The molecule has 0 aromatic carbocycles. The van der Waals surface area contributed by atoms with E-state index in [1.54, 1.807) is 0 Å². The van der Waals surface area contributed by atoms with Crippen LogP contribution in [0.25, 0.3) is 0 Å². The molecular formula is C18H20F3N5O2. The molecule has 0 spiro atoms. The maximum Gasteiger partial charge on any atom is 0.433 e. The van der Waals surface area contributed by atoms with Gasteiger partial charge in [-0.25, -0.2) is 4.98 Å². The average Bonchev–Trinajstić information content (AvgIpc) is 2.69. The molecule has 1 saturated heterocycles. The van der Waals surface area contributed by atoms with Crippen molar-refractivity contribution in [2.75, 3.05) is 24.6 Å². The lowest BCUT2D eigenvalue weighted by molar-refractivity contribution is -0.141. The first-order chi connectivity index (χ1) is 13.4. The van der Waals surface area contributed by atoms with Crippen LogP contribution in [0.1, 0.15) is 29.8 Å². The van der Waals surface area contributed by atoms with E-state index in [0.717, 1.165) is 55.8 Å². The highest BCUT2D eigenvalue weighted by Gasteiger charge is 2.33. The predicted octanol–water partition coefficient (Wildman–Crippen LogP) is 2.04. The van der Waals surface area contributed by atoms with Crippen LogP contribution in [0.2, 0.25) is 0 Å². The standard InChI is InChI=1S/C18H20F3N5O2/c19-18(20,21)15-8-17(27)26(11-22-15)9-12-1-4-25(5-2-12)16-7-13-10-28-6-3-14(13)23-24-16/h7-8,11-12H,1-6,9-10H2. The van der Waals surface area contributed by atoms with Crippen molar-refractivity contribution in [3.63, 3.8) is 0 Å². The molecule has 4 heterocycles. The van der Waals surface area contributed by atoms with Gasteiger partial charge in [0.2, 0.25) is 0 Å². The lowest BCUT2D eigenvalue weighted by atomic mass is 9.96. The van der Waals surface area contributed by atoms with Crippen LogP contribution in [-0.4, -0.2) is 39.4 Å². The van der Waals surface area contributed by atoms with Crippen molar-refractivity contribution in [3.05, 3.63) is 45.8 Å². The minimum Gasteiger partial charge on any atom is -0.376 e. The van der Waals surface area contributed by atoms with Gasteiger partial charge < -0.3 is 9.64 Å². The second-order valence-corrected chi connectivity index (χ2v) is 7.17. The fourth-order valence-corrected chi connectivity index (χ4v) is 3.63. The number of nitrogens with zero attached hydrogens (tertiary/aromatic N) is 5. The van der Waals surface area contributed by atoms with E-state index < -0.39 is 17.4 Å². The number of alkyl halides is 3. The molecule has 0 saturated carbocycles. The number of hydrogen-bond acceptors (Lipinski definition) is 6. The monoisotopic (exact) mass is 395 g/mol. The van der Waals surface area contributed by atoms with Gasteiger partial charge in [-0.2, -0.15) is 18.3 Å². The fraction of sp³-hybridized carbons (Fsp3) is 0.556. The zero-order valence-electron chi connectivity index (χ0n) is 15.2. The summed E-state index contributed by atoms with van der Waals surface area (Å²) in [6.07, 6.45) is -1.22. The number of fused-ring (bicyclic) bond motifs is 1. The molecule has 28 heavy (non-hydrogen) atoms. The van der Waals surface area contributed by atoms with E-state index in [4.69, 9.17) is 4.74 Å². The van der Waals surface area contributed by atoms with Gasteiger partial charge in [-0.3, -0.25) is 9.36 Å². The van der Waals surface area contributed by atoms with E-state index in [9.17, 15) is 18.0 Å². The summed E-state index contributed by atoms with van der Waals surface area (Å²) in [5.74, 6) is 1.01. The van der Waals surface area contributed by atoms with Gasteiger partial charge >= 0.3 is 6.18 Å². The van der Waals surface area contributed by atoms with Crippen LogP contribution in [0.5, 0.6) is 0 Å². The zero-order chi connectivity index (χ0) is 19.7. The lowest BCUT2D eigenvalue weighted by Crippen LogP contribution is -2.37. The van der Waals surface area contributed by atoms with Crippen LogP contribution in [0, 0.1) is 5.92 Å². The van der Waals surface area contributed by atoms with Gasteiger partial charge in [0.25, 0.3) is 5.56 Å². The summed E-state index contributed by atoms with van der Waals surface area (Å²) in [6.45, 7) is 3.09. The first-order valence-electron chi connectivity index (χ1n) is 9.22. The molecule has 4 rings (SSSR count). The molecule has 2 aromatic rings. The van der Waals surface area contributed by atoms with E-state index >= 15 is 0 Å². The van der Waals surface area contributed by atoms with Gasteiger partial charge in [0.1, 0.15) is 0 Å². The predicted molar refractivity (Wildman–Crippen MR) is 93.8 cm³/mol. The van der Waals surface area contributed by atoms with Gasteiger partial charge in [-0.05, 0) is 24.8 Å². The molecule has 2 aliphatic heterocycles. The van der Waals surface area contributed by atoms with Crippen molar-refractivity contribution in [1.82, 2.24) is 19.7 Å². The maximum absolute atomic E-state index is 12.6. The number of anilines is 1. The Morgan fingerprint density at radius 2 is 1.96 bits per heavy atom. The number of piperidine rings is 1. The summed E-state index contributed by atoms with van der Waals surface area (Å²) in [7, 11) is 0. The number of ether oxygens (including phenoxy) is 1. The van der Waals surface area contributed by atoms with Gasteiger partial charge in [-0.15, -0.1) is 5.10 Å². The molecule has 0 unspecified atom stereocenters. The summed E-state index contributed by atoms with van der Waals surface area (Å²) in [4.78, 5) is 17.5. The van der Waals surface area contributed by atoms with E-state index in [0.29, 0.717) is 25.8 Å². The van der Waals surface area contributed by atoms with Crippen molar-refractivity contribution in [3.8, 4) is 0 Å². The Hall–Kier alpha value is -2.49. The molecule has 0 amide bonds. The Labute approximate surface area is 159 Å². The molecule has 1 fully saturated rings. The highest BCUT2D eigenvalue weighted by molar-refractivity contribution is 5.42. The third kappa shape index (κ3) is 4.01. The fourth-order valence-electron chi connectivity index (χ4n) is 3.63. The molecule has 0 radical (unpaired) electrons. The first-order valence-corrected chi connectivity index (χ1v) is 9.22. The van der Waals surface area contributed by atoms with Crippen LogP contribution in [0.4, 0.5) is 19.0 Å². The Kier molecular flexibility index (Phi) is 5.05. The molecule has 150 valence electrons. The van der Waals surface area contributed by atoms with Crippen molar-refractivity contribution in [2.24, 2.45) is 5.92 Å². The summed E-state index contributed by atoms with van der Waals surface area (Å²) in [5, 5.41) is 8.62. The Morgan fingerprint density at radius 3 is 2.68 bits per heavy atom. The van der Waals surface area contributed by atoms with Gasteiger partial charge in [0.05, 0.1) is 25.2 Å². The summed E-state index contributed by atoms with van der Waals surface area (Å²) >= 11 is 0. The highest BCUT2D eigenvalue weighted by Crippen LogP contribution is 2.27. The first kappa shape index (κ1) is 18.9. The van der Waals surface area contributed by atoms with Crippen LogP contribution < -0.4 is 10.5 Å². The lowest BCUT2D eigenvalue weighted by Gasteiger charge is -2.33. The second-order valence-electron chi connectivity index (χ2n) is 7.17. The Bertz CT molecular complexity index is 907. The van der Waals surface area contributed by atoms with E-state index in [1.807, 2.05) is 6.07 Å². The maximum atomic E-state index is 12.6. The van der Waals surface area contributed by atoms with Crippen LogP contribution >= 0.6 is 0 Å². The van der Waals surface area contributed by atoms with E-state index in [-0.39, 0.29) is 5.92 Å². The van der Waals surface area contributed by atoms with Crippen LogP contribution in [-0.2, 0) is 30.5 Å². The minimum atomic E-state index is -4.61. The molecule has 10 heteroatoms. The van der Waals surface area contributed by atoms with Crippen molar-refractivity contribution >= 4 is 5.82 Å². The number of halogens is 3. The van der Waals surface area contributed by atoms with Gasteiger partial charge in [0, 0.05) is 37.7 Å². The molecule has 0 bridgehead atoms. The second kappa shape index (κ2) is 7.50. The number of aromatic nitrogens is 4. The number of rotatable bonds is 3. The van der Waals surface area contributed by atoms with Gasteiger partial charge in [0.15, 0.2) is 11.5 Å². The average molecular weight is 395 g/mol. The summed E-state index contributed by atoms with van der Waals surface area (Å²) in [6, 6.07) is 2.58. The number of hydrogen-bond donors (Lipinski definition) is 0. The smallest absolute Gasteiger partial charge is 0.376 e. The van der Waals surface area contributed by atoms with Gasteiger partial charge in [-0.1, -0.05) is 0 Å². The SMILES string of the molecule is O=c1cc(C(F)(F)F)ncn1CC1CCN(c2cc3c(nn2)CCOC3)CC1. The molecule has 2 aromatic heterocycles. The van der Waals surface area contributed by atoms with Crippen molar-refractivity contribution in [2.45, 2.75) is 38.6 Å². The molecule has 2 aliphatic rings. The molecule has 7 nitrogen and oxygen atoms in total. The van der Waals surface area contributed by atoms with Crippen molar-refractivity contribution in [1.29, 1.82) is 0 Å². The third-order valence-electron chi connectivity index (χ3n) is 5.25. The minimum absolute atomic E-state index is 0.196. The molecule has 0 atom stereocenters. The topological polar surface area (TPSA) is 73.1 Å². The van der Waals surface area contributed by atoms with Crippen LogP contribution in [0.15, 0.2) is 23.3 Å². The van der Waals surface area contributed by atoms with E-state index in [1.165, 1.54) is 4.57 Å². The molecule has 0 N–H and O–H groups in total. The third-order valence-corrected chi connectivity index (χ3v) is 5.25. The Balaban J connectivity index is 1.38. The molecular weight excluding hydrogens is 375 g/mol. The zero-order valence-corrected chi connectivity index (χ0v) is 15.2. The largest absolute Gasteiger partial charge is 0.433 e. The Morgan fingerprint density at radius 1 is 1.18 bits per heavy atom. The normalized spacial score (nSPS) is 18.2. The highest BCUT2D eigenvalue weighted by atomic mass is 19.4. The quantitative estimate of drug-likeness (QED) is 0.792. The van der Waals surface area contributed by atoms with Crippen LogP contribution in [0.3, 0.4) is 0 Å². The molecule has 0 aliphatic carbocycles. The summed E-state index contributed by atoms with van der Waals surface area (Å²) < 4.78 is 44.6.